The van der Waals surface area contributed by atoms with E-state index in [1.165, 1.54) is 17.5 Å². The number of anilines is 2. The number of sulfonamides is 1. The summed E-state index contributed by atoms with van der Waals surface area (Å²) in [5, 5.41) is 5.12. The van der Waals surface area contributed by atoms with Crippen molar-refractivity contribution in [3.8, 4) is 5.75 Å². The molecule has 2 fully saturated rings. The molecular formula is C19H28N4O6S. The summed E-state index contributed by atoms with van der Waals surface area (Å²) in [7, 11) is -1.96. The molecule has 2 amide bonds. The molecule has 1 aromatic rings. The predicted molar refractivity (Wildman–Crippen MR) is 112 cm³/mol. The average molecular weight is 441 g/mol. The molecule has 30 heavy (non-hydrogen) atoms. The van der Waals surface area contributed by atoms with Crippen molar-refractivity contribution in [3.05, 3.63) is 18.2 Å². The third kappa shape index (κ3) is 5.61. The molecule has 2 saturated heterocycles. The fourth-order valence-corrected chi connectivity index (χ4v) is 5.09. The number of morpholine rings is 1. The molecule has 2 N–H and O–H groups in total. The van der Waals surface area contributed by atoms with Gasteiger partial charge in [0.15, 0.2) is 0 Å². The smallest absolute Gasteiger partial charge is 0.313 e. The first-order valence-corrected chi connectivity index (χ1v) is 11.6. The molecule has 11 heteroatoms. The fraction of sp³-hybridized carbons (Fsp3) is 0.579. The van der Waals surface area contributed by atoms with E-state index in [1.54, 1.807) is 12.1 Å². The Bertz CT molecular complexity index is 870. The van der Waals surface area contributed by atoms with Gasteiger partial charge in [0.2, 0.25) is 10.0 Å². The van der Waals surface area contributed by atoms with Crippen LogP contribution in [0.5, 0.6) is 5.75 Å². The lowest BCUT2D eigenvalue weighted by Crippen LogP contribution is -2.43. The van der Waals surface area contributed by atoms with E-state index in [4.69, 9.17) is 9.47 Å². The van der Waals surface area contributed by atoms with Crippen LogP contribution in [0, 0.1) is 0 Å². The molecular weight excluding hydrogens is 412 g/mol. The highest BCUT2D eigenvalue weighted by molar-refractivity contribution is 7.92. The molecule has 0 radical (unpaired) electrons. The normalized spacial score (nSPS) is 19.2. The van der Waals surface area contributed by atoms with Crippen molar-refractivity contribution in [1.29, 1.82) is 0 Å². The van der Waals surface area contributed by atoms with Crippen LogP contribution in [0.25, 0.3) is 0 Å². The van der Waals surface area contributed by atoms with E-state index in [0.29, 0.717) is 56.4 Å². The zero-order chi connectivity index (χ0) is 21.6. The highest BCUT2D eigenvalue weighted by Crippen LogP contribution is 2.34. The monoisotopic (exact) mass is 440 g/mol. The Hall–Kier alpha value is -2.37. The number of methoxy groups -OCH3 is 1. The first kappa shape index (κ1) is 22.3. The number of nitrogens with zero attached hydrogens (tertiary/aromatic N) is 2. The number of benzene rings is 1. The maximum atomic E-state index is 12.4. The highest BCUT2D eigenvalue weighted by atomic mass is 32.2. The number of ether oxygens (including phenoxy) is 2. The molecule has 1 aromatic carbocycles. The van der Waals surface area contributed by atoms with Crippen molar-refractivity contribution in [2.45, 2.75) is 12.8 Å². The summed E-state index contributed by atoms with van der Waals surface area (Å²) in [5.74, 6) is -1.12. The number of carbonyl (C=O) groups excluding carboxylic acids is 2. The van der Waals surface area contributed by atoms with Gasteiger partial charge in [0.05, 0.1) is 31.8 Å². The van der Waals surface area contributed by atoms with Gasteiger partial charge in [-0.05, 0) is 25.0 Å². The average Bonchev–Trinajstić information content (AvgIpc) is 2.74. The van der Waals surface area contributed by atoms with Crippen molar-refractivity contribution >= 4 is 33.2 Å². The molecule has 0 bridgehead atoms. The molecule has 2 aliphatic heterocycles. The molecule has 2 aliphatic rings. The van der Waals surface area contributed by atoms with E-state index in [-0.39, 0.29) is 5.75 Å². The van der Waals surface area contributed by atoms with Crippen LogP contribution in [0.1, 0.15) is 12.8 Å². The maximum Gasteiger partial charge on any atom is 0.313 e. The SMILES string of the molecule is COc1cc(NC(=O)C(=O)NCCN2CCOCC2)ccc1N1CCCCS1(=O)=O. The van der Waals surface area contributed by atoms with Crippen LogP contribution >= 0.6 is 0 Å². The summed E-state index contributed by atoms with van der Waals surface area (Å²) in [6, 6.07) is 4.65. The summed E-state index contributed by atoms with van der Waals surface area (Å²) in [6.07, 6.45) is 1.40. The van der Waals surface area contributed by atoms with Crippen LogP contribution in [0.15, 0.2) is 18.2 Å². The number of rotatable bonds is 6. The van der Waals surface area contributed by atoms with E-state index in [2.05, 4.69) is 15.5 Å². The third-order valence-corrected chi connectivity index (χ3v) is 6.93. The van der Waals surface area contributed by atoms with Crippen molar-refractivity contribution in [2.75, 3.05) is 68.4 Å². The summed E-state index contributed by atoms with van der Waals surface area (Å²) < 4.78 is 36.6. The summed E-state index contributed by atoms with van der Waals surface area (Å²) in [4.78, 5) is 26.4. The molecule has 0 aliphatic carbocycles. The van der Waals surface area contributed by atoms with Crippen LogP contribution in [0.2, 0.25) is 0 Å². The van der Waals surface area contributed by atoms with Gasteiger partial charge in [-0.3, -0.25) is 18.8 Å². The van der Waals surface area contributed by atoms with Crippen LogP contribution in [-0.4, -0.2) is 83.9 Å². The van der Waals surface area contributed by atoms with Crippen molar-refractivity contribution in [2.24, 2.45) is 0 Å². The van der Waals surface area contributed by atoms with Gasteiger partial charge in [-0.15, -0.1) is 0 Å². The Balaban J connectivity index is 1.57. The Morgan fingerprint density at radius 2 is 1.90 bits per heavy atom. The van der Waals surface area contributed by atoms with Gasteiger partial charge in [0.1, 0.15) is 5.75 Å². The van der Waals surface area contributed by atoms with Gasteiger partial charge in [-0.1, -0.05) is 0 Å². The largest absolute Gasteiger partial charge is 0.494 e. The molecule has 0 atom stereocenters. The first-order chi connectivity index (χ1) is 14.4. The molecule has 0 aromatic heterocycles. The minimum absolute atomic E-state index is 0.0965. The lowest BCUT2D eigenvalue weighted by Gasteiger charge is -2.29. The van der Waals surface area contributed by atoms with Crippen LogP contribution in [0.4, 0.5) is 11.4 Å². The number of amides is 2. The Labute approximate surface area is 176 Å². The van der Waals surface area contributed by atoms with E-state index in [9.17, 15) is 18.0 Å². The fourth-order valence-electron chi connectivity index (χ4n) is 3.44. The standard InChI is InChI=1S/C19H28N4O6S/c1-28-17-14-15(4-5-16(17)23-7-2-3-13-30(23,26)27)21-19(25)18(24)20-6-8-22-9-11-29-12-10-22/h4-5,14H,2-3,6-13H2,1H3,(H,20,24)(H,21,25). The molecule has 0 unspecified atom stereocenters. The Morgan fingerprint density at radius 3 is 2.60 bits per heavy atom. The van der Waals surface area contributed by atoms with Gasteiger partial charge >= 0.3 is 11.8 Å². The molecule has 10 nitrogen and oxygen atoms in total. The van der Waals surface area contributed by atoms with Gasteiger partial charge in [0, 0.05) is 44.5 Å². The van der Waals surface area contributed by atoms with E-state index < -0.39 is 21.8 Å². The van der Waals surface area contributed by atoms with E-state index in [1.807, 2.05) is 0 Å². The van der Waals surface area contributed by atoms with Crippen molar-refractivity contribution < 1.29 is 27.5 Å². The molecule has 3 rings (SSSR count). The van der Waals surface area contributed by atoms with Crippen molar-refractivity contribution in [3.63, 3.8) is 0 Å². The number of hydrogen-bond acceptors (Lipinski definition) is 7. The second-order valence-corrected chi connectivity index (χ2v) is 9.16. The zero-order valence-corrected chi connectivity index (χ0v) is 17.9. The highest BCUT2D eigenvalue weighted by Gasteiger charge is 2.28. The third-order valence-electron chi connectivity index (χ3n) is 5.08. The second-order valence-electron chi connectivity index (χ2n) is 7.15. The zero-order valence-electron chi connectivity index (χ0n) is 17.1. The van der Waals surface area contributed by atoms with E-state index in [0.717, 1.165) is 19.5 Å². The van der Waals surface area contributed by atoms with Crippen molar-refractivity contribution in [1.82, 2.24) is 10.2 Å². The Kier molecular flexibility index (Phi) is 7.51. The van der Waals surface area contributed by atoms with Crippen LogP contribution < -0.4 is 19.7 Å². The molecule has 2 heterocycles. The minimum Gasteiger partial charge on any atom is -0.494 e. The van der Waals surface area contributed by atoms with Gasteiger partial charge in [-0.2, -0.15) is 0 Å². The topological polar surface area (TPSA) is 117 Å². The van der Waals surface area contributed by atoms with Crippen LogP contribution in [0.3, 0.4) is 0 Å². The number of nitrogens with one attached hydrogen (secondary N) is 2. The van der Waals surface area contributed by atoms with Gasteiger partial charge in [0.25, 0.3) is 0 Å². The lowest BCUT2D eigenvalue weighted by atomic mass is 10.2. The van der Waals surface area contributed by atoms with Gasteiger partial charge in [-0.25, -0.2) is 8.42 Å². The lowest BCUT2D eigenvalue weighted by molar-refractivity contribution is -0.136. The molecule has 0 saturated carbocycles. The minimum atomic E-state index is -3.39. The summed E-state index contributed by atoms with van der Waals surface area (Å²) in [5.41, 5.74) is 0.767. The van der Waals surface area contributed by atoms with Crippen LogP contribution in [-0.2, 0) is 24.3 Å². The van der Waals surface area contributed by atoms with E-state index >= 15 is 0 Å². The molecule has 0 spiro atoms. The maximum absolute atomic E-state index is 12.4. The summed E-state index contributed by atoms with van der Waals surface area (Å²) >= 11 is 0. The first-order valence-electron chi connectivity index (χ1n) is 9.98. The quantitative estimate of drug-likeness (QED) is 0.599. The predicted octanol–water partition coefficient (Wildman–Crippen LogP) is 0.0121. The number of carbonyl (C=O) groups is 2. The Morgan fingerprint density at radius 1 is 1.13 bits per heavy atom. The second kappa shape index (κ2) is 10.1. The summed E-state index contributed by atoms with van der Waals surface area (Å²) in [6.45, 7) is 4.35. The number of hydrogen-bond donors (Lipinski definition) is 2. The van der Waals surface area contributed by atoms with Gasteiger partial charge < -0.3 is 20.1 Å². The molecule has 166 valence electrons.